The van der Waals surface area contributed by atoms with Crippen molar-refractivity contribution in [3.05, 3.63) is 64.7 Å². The molecular weight excluding hydrogens is 375 g/mol. The van der Waals surface area contributed by atoms with Crippen molar-refractivity contribution in [2.75, 3.05) is 36.0 Å². The lowest BCUT2D eigenvalue weighted by Crippen LogP contribution is -2.46. The Kier molecular flexibility index (Phi) is 4.01. The van der Waals surface area contributed by atoms with E-state index in [0.29, 0.717) is 5.52 Å². The molecule has 1 fully saturated rings. The summed E-state index contributed by atoms with van der Waals surface area (Å²) >= 11 is 0. The van der Waals surface area contributed by atoms with Gasteiger partial charge in [-0.05, 0) is 30.3 Å². The van der Waals surface area contributed by atoms with E-state index in [9.17, 15) is 14.5 Å². The second kappa shape index (κ2) is 6.69. The Balaban J connectivity index is 1.40. The number of hydrogen-bond acceptors (Lipinski definition) is 6. The Morgan fingerprint density at radius 2 is 1.72 bits per heavy atom. The SMILES string of the molecule is O=[N+]([O-])c1ccc(N2CCN(c3ncnc4c3[nH]c3ccc(F)cc34)CC2)cc1. The molecule has 2 aromatic carbocycles. The molecule has 0 spiro atoms. The molecule has 1 N–H and O–H groups in total. The van der Waals surface area contributed by atoms with E-state index in [-0.39, 0.29) is 11.5 Å². The van der Waals surface area contributed by atoms with E-state index in [1.54, 1.807) is 18.2 Å². The Hall–Kier alpha value is -3.75. The normalized spacial score (nSPS) is 14.7. The van der Waals surface area contributed by atoms with Crippen LogP contribution in [0.5, 0.6) is 0 Å². The number of aromatic nitrogens is 3. The van der Waals surface area contributed by atoms with Crippen LogP contribution in [0.25, 0.3) is 21.9 Å². The van der Waals surface area contributed by atoms with Crippen molar-refractivity contribution in [2.45, 2.75) is 0 Å². The number of nitrogens with one attached hydrogen (secondary N) is 1. The van der Waals surface area contributed by atoms with Gasteiger partial charge in [0.25, 0.3) is 5.69 Å². The van der Waals surface area contributed by atoms with Gasteiger partial charge in [0.15, 0.2) is 5.82 Å². The summed E-state index contributed by atoms with van der Waals surface area (Å²) in [6.45, 7) is 3.01. The number of nitro benzene ring substituents is 1. The van der Waals surface area contributed by atoms with E-state index in [4.69, 9.17) is 0 Å². The lowest BCUT2D eigenvalue weighted by atomic mass is 10.2. The minimum atomic E-state index is -0.395. The van der Waals surface area contributed by atoms with Crippen LogP contribution in [-0.4, -0.2) is 46.1 Å². The van der Waals surface area contributed by atoms with Crippen LogP contribution < -0.4 is 9.80 Å². The number of aromatic amines is 1. The molecular formula is C20H17FN6O2. The molecule has 8 nitrogen and oxygen atoms in total. The summed E-state index contributed by atoms with van der Waals surface area (Å²) in [4.78, 5) is 26.9. The van der Waals surface area contributed by atoms with Crippen LogP contribution in [-0.2, 0) is 0 Å². The zero-order valence-corrected chi connectivity index (χ0v) is 15.4. The minimum absolute atomic E-state index is 0.0889. The first-order chi connectivity index (χ1) is 14.1. The summed E-state index contributed by atoms with van der Waals surface area (Å²) in [5, 5.41) is 11.6. The van der Waals surface area contributed by atoms with Gasteiger partial charge in [0.2, 0.25) is 0 Å². The Morgan fingerprint density at radius 3 is 2.45 bits per heavy atom. The summed E-state index contributed by atoms with van der Waals surface area (Å²) in [6.07, 6.45) is 1.51. The number of hydrogen-bond donors (Lipinski definition) is 1. The van der Waals surface area contributed by atoms with Crippen molar-refractivity contribution in [1.82, 2.24) is 15.0 Å². The molecule has 146 valence electrons. The highest BCUT2D eigenvalue weighted by Crippen LogP contribution is 2.30. The van der Waals surface area contributed by atoms with Gasteiger partial charge < -0.3 is 14.8 Å². The molecule has 3 heterocycles. The Morgan fingerprint density at radius 1 is 1.00 bits per heavy atom. The van der Waals surface area contributed by atoms with Gasteiger partial charge >= 0.3 is 0 Å². The molecule has 0 bridgehead atoms. The molecule has 5 rings (SSSR count). The van der Waals surface area contributed by atoms with Crippen molar-refractivity contribution in [1.29, 1.82) is 0 Å². The molecule has 1 saturated heterocycles. The molecule has 0 unspecified atom stereocenters. The van der Waals surface area contributed by atoms with Crippen molar-refractivity contribution < 1.29 is 9.31 Å². The minimum Gasteiger partial charge on any atom is -0.368 e. The summed E-state index contributed by atoms with van der Waals surface area (Å²) in [6, 6.07) is 11.2. The third-order valence-corrected chi connectivity index (χ3v) is 5.33. The van der Waals surface area contributed by atoms with Gasteiger partial charge in [-0.25, -0.2) is 14.4 Å². The topological polar surface area (TPSA) is 91.2 Å². The van der Waals surface area contributed by atoms with Crippen molar-refractivity contribution in [3.63, 3.8) is 0 Å². The molecule has 1 aliphatic heterocycles. The van der Waals surface area contributed by atoms with Crippen molar-refractivity contribution >= 4 is 39.1 Å². The zero-order chi connectivity index (χ0) is 20.0. The van der Waals surface area contributed by atoms with Crippen molar-refractivity contribution in [3.8, 4) is 0 Å². The van der Waals surface area contributed by atoms with E-state index in [1.807, 2.05) is 0 Å². The first kappa shape index (κ1) is 17.4. The van der Waals surface area contributed by atoms with Crippen LogP contribution >= 0.6 is 0 Å². The number of non-ortho nitro benzene ring substituents is 1. The molecule has 2 aromatic heterocycles. The van der Waals surface area contributed by atoms with Gasteiger partial charge in [0.1, 0.15) is 23.2 Å². The van der Waals surface area contributed by atoms with Gasteiger partial charge in [0.05, 0.1) is 4.92 Å². The van der Waals surface area contributed by atoms with Gasteiger partial charge in [0, 0.05) is 54.9 Å². The average Bonchev–Trinajstić information content (AvgIpc) is 3.12. The molecule has 0 amide bonds. The number of rotatable bonds is 3. The molecule has 0 aliphatic carbocycles. The zero-order valence-electron chi connectivity index (χ0n) is 15.4. The first-order valence-electron chi connectivity index (χ1n) is 9.26. The summed E-state index contributed by atoms with van der Waals surface area (Å²) in [7, 11) is 0. The number of nitro groups is 1. The smallest absolute Gasteiger partial charge is 0.269 e. The van der Waals surface area contributed by atoms with Crippen LogP contribution in [0.2, 0.25) is 0 Å². The van der Waals surface area contributed by atoms with E-state index in [1.165, 1.54) is 30.6 Å². The largest absolute Gasteiger partial charge is 0.368 e. The summed E-state index contributed by atoms with van der Waals surface area (Å²) in [5.74, 6) is 0.505. The standard InChI is InChI=1S/C20H17FN6O2/c21-13-1-6-17-16(11-13)18-19(24-17)20(23-12-22-18)26-9-7-25(8-10-26)14-2-4-15(5-3-14)27(28)29/h1-6,11-12,24H,7-10H2. The maximum Gasteiger partial charge on any atom is 0.269 e. The second-order valence-corrected chi connectivity index (χ2v) is 6.98. The fraction of sp³-hybridized carbons (Fsp3) is 0.200. The molecule has 0 saturated carbocycles. The van der Waals surface area contributed by atoms with Crippen LogP contribution in [0.15, 0.2) is 48.8 Å². The number of halogens is 1. The summed E-state index contributed by atoms with van der Waals surface area (Å²) < 4.78 is 13.7. The lowest BCUT2D eigenvalue weighted by Gasteiger charge is -2.36. The van der Waals surface area contributed by atoms with Gasteiger partial charge in [-0.1, -0.05) is 0 Å². The molecule has 0 atom stereocenters. The van der Waals surface area contributed by atoms with Gasteiger partial charge in [-0.2, -0.15) is 0 Å². The van der Waals surface area contributed by atoms with Crippen LogP contribution in [0.4, 0.5) is 21.6 Å². The number of nitrogens with zero attached hydrogens (tertiary/aromatic N) is 5. The monoisotopic (exact) mass is 392 g/mol. The van der Waals surface area contributed by atoms with Crippen molar-refractivity contribution in [2.24, 2.45) is 0 Å². The maximum atomic E-state index is 13.7. The number of anilines is 2. The fourth-order valence-corrected chi connectivity index (χ4v) is 3.85. The first-order valence-corrected chi connectivity index (χ1v) is 9.26. The lowest BCUT2D eigenvalue weighted by molar-refractivity contribution is -0.384. The van der Waals surface area contributed by atoms with Gasteiger partial charge in [-0.15, -0.1) is 0 Å². The van der Waals surface area contributed by atoms with E-state index in [0.717, 1.165) is 54.1 Å². The van der Waals surface area contributed by atoms with Gasteiger partial charge in [-0.3, -0.25) is 10.1 Å². The maximum absolute atomic E-state index is 13.7. The van der Waals surface area contributed by atoms with E-state index >= 15 is 0 Å². The molecule has 1 aliphatic rings. The Labute approximate surface area is 164 Å². The Bertz CT molecular complexity index is 1220. The highest BCUT2D eigenvalue weighted by atomic mass is 19.1. The average molecular weight is 392 g/mol. The summed E-state index contributed by atoms with van der Waals surface area (Å²) in [5.41, 5.74) is 3.39. The highest BCUT2D eigenvalue weighted by molar-refractivity contribution is 6.08. The third kappa shape index (κ3) is 3.00. The molecule has 0 radical (unpaired) electrons. The predicted molar refractivity (Wildman–Crippen MR) is 109 cm³/mol. The fourth-order valence-electron chi connectivity index (χ4n) is 3.85. The second-order valence-electron chi connectivity index (χ2n) is 6.98. The van der Waals surface area contributed by atoms with E-state index < -0.39 is 4.92 Å². The van der Waals surface area contributed by atoms with E-state index in [2.05, 4.69) is 24.8 Å². The number of benzene rings is 2. The third-order valence-electron chi connectivity index (χ3n) is 5.33. The number of H-pyrrole nitrogens is 1. The van der Waals surface area contributed by atoms with Crippen LogP contribution in [0.1, 0.15) is 0 Å². The van der Waals surface area contributed by atoms with Crippen LogP contribution in [0.3, 0.4) is 0 Å². The number of piperazine rings is 1. The number of fused-ring (bicyclic) bond motifs is 3. The quantitative estimate of drug-likeness (QED) is 0.424. The molecule has 9 heteroatoms. The molecule has 29 heavy (non-hydrogen) atoms. The highest BCUT2D eigenvalue weighted by Gasteiger charge is 2.22. The predicted octanol–water partition coefficient (Wildman–Crippen LogP) is 3.49. The molecule has 4 aromatic rings. The van der Waals surface area contributed by atoms with Crippen LogP contribution in [0, 0.1) is 15.9 Å².